The first-order valence-corrected chi connectivity index (χ1v) is 10.2. The molecule has 0 fully saturated rings. The van der Waals surface area contributed by atoms with Gasteiger partial charge in [0.25, 0.3) is 12.3 Å². The van der Waals surface area contributed by atoms with Gasteiger partial charge in [0.2, 0.25) is 0 Å². The first-order valence-electron chi connectivity index (χ1n) is 10.2. The summed E-state index contributed by atoms with van der Waals surface area (Å²) < 4.78 is 27.1. The number of carbonyl (C=O) groups is 1. The van der Waals surface area contributed by atoms with E-state index in [0.29, 0.717) is 39.9 Å². The van der Waals surface area contributed by atoms with Crippen LogP contribution in [-0.4, -0.2) is 71.0 Å². The van der Waals surface area contributed by atoms with E-state index in [1.165, 1.54) is 17.2 Å². The fourth-order valence-electron chi connectivity index (χ4n) is 3.86. The van der Waals surface area contributed by atoms with Gasteiger partial charge in [-0.15, -0.1) is 0 Å². The minimum Gasteiger partial charge on any atom is -0.373 e. The monoisotopic (exact) mass is 441 g/mol. The Morgan fingerprint density at radius 1 is 1.19 bits per heavy atom. The number of hydrogen-bond acceptors (Lipinski definition) is 5. The third-order valence-corrected chi connectivity index (χ3v) is 5.49. The maximum Gasteiger partial charge on any atom is 0.256 e. The highest BCUT2D eigenvalue weighted by Crippen LogP contribution is 2.36. The molecule has 2 aromatic carbocycles. The van der Waals surface area contributed by atoms with Crippen molar-refractivity contribution in [3.05, 3.63) is 42.5 Å². The molecule has 0 atom stereocenters. The van der Waals surface area contributed by atoms with Gasteiger partial charge in [0, 0.05) is 25.7 Å². The largest absolute Gasteiger partial charge is 0.373 e. The molecular formula is C22H25F2N7O. The summed E-state index contributed by atoms with van der Waals surface area (Å²) in [5.41, 5.74) is 10.8. The average Bonchev–Trinajstić information content (AvgIpc) is 3.37. The lowest BCUT2D eigenvalue weighted by Gasteiger charge is -2.24. The molecule has 0 saturated carbocycles. The number of nitrogens with two attached hydrogens (primary N) is 1. The Labute approximate surface area is 183 Å². The number of imidazole rings is 2. The minimum absolute atomic E-state index is 0.379. The molecule has 0 saturated heterocycles. The van der Waals surface area contributed by atoms with Gasteiger partial charge >= 0.3 is 0 Å². The molecule has 2 aromatic heterocycles. The normalized spacial score (nSPS) is 11.8. The van der Waals surface area contributed by atoms with E-state index in [9.17, 15) is 13.6 Å². The molecule has 4 rings (SSSR count). The summed E-state index contributed by atoms with van der Waals surface area (Å²) in [7, 11) is 5.87. The highest BCUT2D eigenvalue weighted by Gasteiger charge is 2.22. The van der Waals surface area contributed by atoms with Gasteiger partial charge in [-0.3, -0.25) is 4.79 Å². The number of anilines is 1. The topological polar surface area (TPSA) is 96.1 Å². The van der Waals surface area contributed by atoms with Gasteiger partial charge in [-0.2, -0.15) is 0 Å². The van der Waals surface area contributed by atoms with Crippen LogP contribution in [0, 0.1) is 0 Å². The lowest BCUT2D eigenvalue weighted by molar-refractivity contribution is 0.100. The Morgan fingerprint density at radius 3 is 2.66 bits per heavy atom. The number of aromatic nitrogens is 4. The van der Waals surface area contributed by atoms with Crippen molar-refractivity contribution in [2.24, 2.45) is 5.73 Å². The Bertz CT molecular complexity index is 1280. The highest BCUT2D eigenvalue weighted by atomic mass is 19.3. The number of likely N-dealkylation sites (N-methyl/N-ethyl adjacent to an activating group) is 2. The van der Waals surface area contributed by atoms with Crippen molar-refractivity contribution in [1.29, 1.82) is 0 Å². The van der Waals surface area contributed by atoms with Crippen LogP contribution in [0.25, 0.3) is 33.2 Å². The van der Waals surface area contributed by atoms with Crippen LogP contribution in [0.4, 0.5) is 14.5 Å². The van der Waals surface area contributed by atoms with Gasteiger partial charge < -0.3 is 25.1 Å². The van der Waals surface area contributed by atoms with Gasteiger partial charge in [0.15, 0.2) is 0 Å². The summed E-state index contributed by atoms with van der Waals surface area (Å²) in [6.45, 7) is 1.07. The Morgan fingerprint density at radius 2 is 1.97 bits per heavy atom. The number of benzene rings is 2. The summed E-state index contributed by atoms with van der Waals surface area (Å²) in [6, 6.07) is 7.36. The highest BCUT2D eigenvalue weighted by molar-refractivity contribution is 6.13. The molecule has 4 aromatic rings. The first kappa shape index (κ1) is 21.7. The number of rotatable bonds is 8. The molecule has 2 heterocycles. The number of hydrogen-bond donors (Lipinski definition) is 2. The van der Waals surface area contributed by atoms with Gasteiger partial charge in [0.1, 0.15) is 0 Å². The molecule has 3 N–H and O–H groups in total. The number of primary amides is 1. The van der Waals surface area contributed by atoms with Crippen LogP contribution < -0.4 is 10.6 Å². The molecule has 10 heteroatoms. The molecule has 0 unspecified atom stereocenters. The quantitative estimate of drug-likeness (QED) is 0.438. The number of amides is 1. The van der Waals surface area contributed by atoms with Gasteiger partial charge in [-0.25, -0.2) is 18.7 Å². The van der Waals surface area contributed by atoms with Gasteiger partial charge in [0.05, 0.1) is 52.5 Å². The Balaban J connectivity index is 1.86. The van der Waals surface area contributed by atoms with E-state index in [-0.39, 0.29) is 0 Å². The number of carbonyl (C=O) groups excluding carboxylic acids is 1. The van der Waals surface area contributed by atoms with Crippen molar-refractivity contribution in [1.82, 2.24) is 24.4 Å². The van der Waals surface area contributed by atoms with Crippen molar-refractivity contribution in [2.75, 3.05) is 39.1 Å². The van der Waals surface area contributed by atoms with Crippen molar-refractivity contribution in [2.45, 2.75) is 13.0 Å². The molecule has 0 aliphatic heterocycles. The van der Waals surface area contributed by atoms with Crippen molar-refractivity contribution in [3.8, 4) is 11.1 Å². The SMILES string of the molecule is CN(C)CCN(C)c1cc(-c2ccc3c(c2)ncn3CC(F)F)c2nc[nH]c2c1C(N)=O. The van der Waals surface area contributed by atoms with E-state index in [2.05, 4.69) is 19.9 Å². The van der Waals surface area contributed by atoms with Crippen molar-refractivity contribution in [3.63, 3.8) is 0 Å². The molecule has 0 bridgehead atoms. The van der Waals surface area contributed by atoms with Crippen LogP contribution >= 0.6 is 0 Å². The van der Waals surface area contributed by atoms with Crippen LogP contribution in [0.15, 0.2) is 36.9 Å². The second-order valence-corrected chi connectivity index (χ2v) is 8.02. The number of H-pyrrole nitrogens is 1. The summed E-state index contributed by atoms with van der Waals surface area (Å²) in [5.74, 6) is -0.543. The molecule has 1 amide bonds. The molecular weight excluding hydrogens is 416 g/mol. The first-order chi connectivity index (χ1) is 15.3. The second kappa shape index (κ2) is 8.54. The fraction of sp³-hybridized carbons (Fsp3) is 0.318. The smallest absolute Gasteiger partial charge is 0.256 e. The lowest BCUT2D eigenvalue weighted by atomic mass is 9.98. The molecule has 0 spiro atoms. The fourth-order valence-corrected chi connectivity index (χ4v) is 3.86. The molecule has 32 heavy (non-hydrogen) atoms. The van der Waals surface area contributed by atoms with Crippen molar-refractivity contribution >= 4 is 33.7 Å². The van der Waals surface area contributed by atoms with E-state index in [1.807, 2.05) is 44.2 Å². The predicted octanol–water partition coefficient (Wildman–Crippen LogP) is 2.94. The van der Waals surface area contributed by atoms with Crippen LogP contribution in [-0.2, 0) is 6.54 Å². The number of alkyl halides is 2. The van der Waals surface area contributed by atoms with Gasteiger partial charge in [-0.1, -0.05) is 6.07 Å². The number of fused-ring (bicyclic) bond motifs is 2. The van der Waals surface area contributed by atoms with Crippen molar-refractivity contribution < 1.29 is 13.6 Å². The lowest BCUT2D eigenvalue weighted by Crippen LogP contribution is -2.30. The molecule has 0 aliphatic carbocycles. The average molecular weight is 441 g/mol. The summed E-state index contributed by atoms with van der Waals surface area (Å²) >= 11 is 0. The van der Waals surface area contributed by atoms with Crippen LogP contribution in [0.3, 0.4) is 0 Å². The van der Waals surface area contributed by atoms with Crippen LogP contribution in [0.2, 0.25) is 0 Å². The minimum atomic E-state index is -2.46. The maximum atomic E-state index is 12.8. The maximum absolute atomic E-state index is 12.8. The number of nitrogens with one attached hydrogen (secondary N) is 1. The Kier molecular flexibility index (Phi) is 5.79. The van der Waals surface area contributed by atoms with E-state index < -0.39 is 18.9 Å². The van der Waals surface area contributed by atoms with E-state index in [1.54, 1.807) is 6.07 Å². The second-order valence-electron chi connectivity index (χ2n) is 8.02. The van der Waals surface area contributed by atoms with Crippen LogP contribution in [0.5, 0.6) is 0 Å². The third-order valence-electron chi connectivity index (χ3n) is 5.49. The molecule has 0 radical (unpaired) electrons. The third kappa shape index (κ3) is 4.01. The predicted molar refractivity (Wildman–Crippen MR) is 121 cm³/mol. The van der Waals surface area contributed by atoms with E-state index in [4.69, 9.17) is 5.73 Å². The molecule has 0 aliphatic rings. The standard InChI is InChI=1S/C22H25F2N7O/c1-29(2)6-7-30(3)17-9-14(20-21(27-11-26-20)19(17)22(25)32)13-4-5-16-15(8-13)28-12-31(16)10-18(23)24/h4-5,8-9,11-12,18H,6-7,10H2,1-3H3,(H2,25,32)(H,26,27). The van der Waals surface area contributed by atoms with E-state index in [0.717, 1.165) is 17.7 Å². The van der Waals surface area contributed by atoms with E-state index >= 15 is 0 Å². The zero-order chi connectivity index (χ0) is 23.0. The zero-order valence-electron chi connectivity index (χ0n) is 18.1. The molecule has 8 nitrogen and oxygen atoms in total. The summed E-state index contributed by atoms with van der Waals surface area (Å²) in [6.07, 6.45) is 0.485. The zero-order valence-corrected chi connectivity index (χ0v) is 18.1. The number of aromatic amines is 1. The van der Waals surface area contributed by atoms with Crippen LogP contribution in [0.1, 0.15) is 10.4 Å². The summed E-state index contributed by atoms with van der Waals surface area (Å²) in [5, 5.41) is 0. The Hall–Kier alpha value is -3.53. The number of nitrogens with zero attached hydrogens (tertiary/aromatic N) is 5. The summed E-state index contributed by atoms with van der Waals surface area (Å²) in [4.78, 5) is 28.2. The van der Waals surface area contributed by atoms with Gasteiger partial charge in [-0.05, 0) is 37.9 Å². The number of halogens is 2. The molecule has 168 valence electrons.